The number of carbonyl (C=O) groups excluding carboxylic acids is 2. The number of halogens is 1. The van der Waals surface area contributed by atoms with Crippen molar-refractivity contribution in [2.45, 2.75) is 6.04 Å². The van der Waals surface area contributed by atoms with Gasteiger partial charge in [0.15, 0.2) is 0 Å². The van der Waals surface area contributed by atoms with Gasteiger partial charge >= 0.3 is 11.8 Å². The molecular formula is C13H15FN2O3. The summed E-state index contributed by atoms with van der Waals surface area (Å²) in [5.41, 5.74) is 0.553. The monoisotopic (exact) mass is 266 g/mol. The first-order chi connectivity index (χ1) is 8.95. The first-order valence-corrected chi connectivity index (χ1v) is 5.81. The third kappa shape index (κ3) is 2.25. The topological polar surface area (TPSA) is 49.9 Å². The molecule has 0 bridgehead atoms. The predicted octanol–water partition coefficient (Wildman–Crippen LogP) is 0.806. The van der Waals surface area contributed by atoms with Crippen molar-refractivity contribution < 1.29 is 18.7 Å². The van der Waals surface area contributed by atoms with Crippen molar-refractivity contribution in [2.24, 2.45) is 0 Å². The lowest BCUT2D eigenvalue weighted by Gasteiger charge is -2.37. The molecule has 1 unspecified atom stereocenters. The van der Waals surface area contributed by atoms with Gasteiger partial charge in [0.25, 0.3) is 0 Å². The number of ether oxygens (including phenoxy) is 1. The van der Waals surface area contributed by atoms with Gasteiger partial charge in [0.1, 0.15) is 11.6 Å². The van der Waals surface area contributed by atoms with E-state index < -0.39 is 23.7 Å². The smallest absolute Gasteiger partial charge is 0.312 e. The number of benzene rings is 1. The third-order valence-electron chi connectivity index (χ3n) is 3.32. The highest BCUT2D eigenvalue weighted by Gasteiger charge is 2.37. The molecule has 0 aromatic heterocycles. The Morgan fingerprint density at radius 2 is 1.95 bits per heavy atom. The summed E-state index contributed by atoms with van der Waals surface area (Å²) >= 11 is 0. The van der Waals surface area contributed by atoms with E-state index in [0.29, 0.717) is 17.9 Å². The van der Waals surface area contributed by atoms with Crippen molar-refractivity contribution in [1.29, 1.82) is 0 Å². The van der Waals surface area contributed by atoms with Crippen LogP contribution in [0.4, 0.5) is 4.39 Å². The number of likely N-dealkylation sites (N-methyl/N-ethyl adjacent to an activating group) is 2. The maximum Gasteiger partial charge on any atom is 0.312 e. The van der Waals surface area contributed by atoms with Gasteiger partial charge in [-0.05, 0) is 18.2 Å². The zero-order chi connectivity index (χ0) is 14.2. The fourth-order valence-corrected chi connectivity index (χ4v) is 2.19. The molecule has 6 heteroatoms. The molecule has 0 saturated carbocycles. The molecule has 5 nitrogen and oxygen atoms in total. The van der Waals surface area contributed by atoms with E-state index >= 15 is 0 Å². The number of amides is 2. The lowest BCUT2D eigenvalue weighted by atomic mass is 10.0. The minimum atomic E-state index is -0.606. The second-order valence-corrected chi connectivity index (χ2v) is 4.50. The molecule has 2 rings (SSSR count). The summed E-state index contributed by atoms with van der Waals surface area (Å²) in [6.45, 7) is 0.306. The maximum absolute atomic E-state index is 13.4. The standard InChI is InChI=1S/C13H15FN2O3/c1-15-7-10(16(2)13(18)12(15)17)9-6-8(14)4-5-11(9)19-3/h4-6,10H,7H2,1-3H3. The second kappa shape index (κ2) is 4.87. The van der Waals surface area contributed by atoms with Gasteiger partial charge in [-0.2, -0.15) is 0 Å². The molecule has 1 aliphatic heterocycles. The molecule has 1 saturated heterocycles. The lowest BCUT2D eigenvalue weighted by Crippen LogP contribution is -2.52. The predicted molar refractivity (Wildman–Crippen MR) is 66.1 cm³/mol. The maximum atomic E-state index is 13.4. The summed E-state index contributed by atoms with van der Waals surface area (Å²) < 4.78 is 18.6. The van der Waals surface area contributed by atoms with Crippen LogP contribution >= 0.6 is 0 Å². The molecule has 0 radical (unpaired) electrons. The summed E-state index contributed by atoms with van der Waals surface area (Å²) in [7, 11) is 4.56. The van der Waals surface area contributed by atoms with Crippen molar-refractivity contribution in [1.82, 2.24) is 9.80 Å². The van der Waals surface area contributed by atoms with Crippen molar-refractivity contribution in [3.63, 3.8) is 0 Å². The van der Waals surface area contributed by atoms with E-state index in [0.717, 1.165) is 0 Å². The fraction of sp³-hybridized carbons (Fsp3) is 0.385. The molecule has 0 spiro atoms. The van der Waals surface area contributed by atoms with Crippen LogP contribution in [0.5, 0.6) is 5.75 Å². The van der Waals surface area contributed by atoms with Crippen molar-refractivity contribution in [3.05, 3.63) is 29.6 Å². The van der Waals surface area contributed by atoms with E-state index in [-0.39, 0.29) is 0 Å². The van der Waals surface area contributed by atoms with Gasteiger partial charge in [-0.15, -0.1) is 0 Å². The summed E-state index contributed by atoms with van der Waals surface area (Å²) in [4.78, 5) is 26.0. The van der Waals surface area contributed by atoms with Gasteiger partial charge in [-0.1, -0.05) is 0 Å². The van der Waals surface area contributed by atoms with Crippen LogP contribution in [-0.2, 0) is 9.59 Å². The molecular weight excluding hydrogens is 251 g/mol. The van der Waals surface area contributed by atoms with E-state index in [1.807, 2.05) is 0 Å². The van der Waals surface area contributed by atoms with Crippen molar-refractivity contribution >= 4 is 11.8 Å². The SMILES string of the molecule is COc1ccc(F)cc1C1CN(C)C(=O)C(=O)N1C. The van der Waals surface area contributed by atoms with E-state index in [1.165, 1.54) is 42.2 Å². The van der Waals surface area contributed by atoms with Gasteiger partial charge in [0.05, 0.1) is 13.2 Å². The Morgan fingerprint density at radius 1 is 1.26 bits per heavy atom. The molecule has 1 aromatic carbocycles. The van der Waals surface area contributed by atoms with Crippen LogP contribution in [0.15, 0.2) is 18.2 Å². The molecule has 1 aromatic rings. The van der Waals surface area contributed by atoms with Gasteiger partial charge in [-0.25, -0.2) is 4.39 Å². The number of carbonyl (C=O) groups is 2. The largest absolute Gasteiger partial charge is 0.496 e. The van der Waals surface area contributed by atoms with Crippen LogP contribution in [0, 0.1) is 5.82 Å². The number of rotatable bonds is 2. The van der Waals surface area contributed by atoms with Gasteiger partial charge in [-0.3, -0.25) is 9.59 Å². The Bertz CT molecular complexity index is 533. The average Bonchev–Trinajstić information content (AvgIpc) is 2.40. The van der Waals surface area contributed by atoms with E-state index in [9.17, 15) is 14.0 Å². The lowest BCUT2D eigenvalue weighted by molar-refractivity contribution is -0.156. The molecule has 2 amide bonds. The van der Waals surface area contributed by atoms with Gasteiger partial charge in [0.2, 0.25) is 0 Å². The number of methoxy groups -OCH3 is 1. The Balaban J connectivity index is 2.43. The van der Waals surface area contributed by atoms with Crippen LogP contribution < -0.4 is 4.74 Å². The van der Waals surface area contributed by atoms with Gasteiger partial charge in [0, 0.05) is 26.2 Å². The Kier molecular flexibility index (Phi) is 3.42. The highest BCUT2D eigenvalue weighted by Crippen LogP contribution is 2.32. The summed E-state index contributed by atoms with van der Waals surface area (Å²) in [6.07, 6.45) is 0. The first-order valence-electron chi connectivity index (χ1n) is 5.81. The second-order valence-electron chi connectivity index (χ2n) is 4.50. The summed E-state index contributed by atoms with van der Waals surface area (Å²) in [6, 6.07) is 3.72. The number of nitrogens with zero attached hydrogens (tertiary/aromatic N) is 2. The number of hydrogen-bond acceptors (Lipinski definition) is 3. The molecule has 19 heavy (non-hydrogen) atoms. The fourth-order valence-electron chi connectivity index (χ4n) is 2.19. The van der Waals surface area contributed by atoms with E-state index in [2.05, 4.69) is 0 Å². The van der Waals surface area contributed by atoms with Crippen LogP contribution in [0.1, 0.15) is 11.6 Å². The van der Waals surface area contributed by atoms with Crippen molar-refractivity contribution in [2.75, 3.05) is 27.7 Å². The third-order valence-corrected chi connectivity index (χ3v) is 3.32. The van der Waals surface area contributed by atoms with Crippen LogP contribution in [0.2, 0.25) is 0 Å². The van der Waals surface area contributed by atoms with E-state index in [4.69, 9.17) is 4.74 Å². The Labute approximate surface area is 110 Å². The zero-order valence-corrected chi connectivity index (χ0v) is 11.0. The average molecular weight is 266 g/mol. The van der Waals surface area contributed by atoms with Crippen molar-refractivity contribution in [3.8, 4) is 5.75 Å². The quantitative estimate of drug-likeness (QED) is 0.744. The zero-order valence-electron chi connectivity index (χ0n) is 11.0. The van der Waals surface area contributed by atoms with Gasteiger partial charge < -0.3 is 14.5 Å². The Morgan fingerprint density at radius 3 is 2.58 bits per heavy atom. The molecule has 1 heterocycles. The first kappa shape index (κ1) is 13.3. The number of hydrogen-bond donors (Lipinski definition) is 0. The summed E-state index contributed by atoms with van der Waals surface area (Å²) in [5.74, 6) is -1.08. The Hall–Kier alpha value is -2.11. The normalized spacial score (nSPS) is 19.9. The van der Waals surface area contributed by atoms with Crippen LogP contribution in [0.25, 0.3) is 0 Å². The van der Waals surface area contributed by atoms with Crippen LogP contribution in [0.3, 0.4) is 0 Å². The molecule has 1 aliphatic rings. The highest BCUT2D eigenvalue weighted by molar-refractivity contribution is 6.35. The highest BCUT2D eigenvalue weighted by atomic mass is 19.1. The molecule has 1 fully saturated rings. The number of piperazine rings is 1. The molecule has 1 atom stereocenters. The molecule has 0 aliphatic carbocycles. The minimum Gasteiger partial charge on any atom is -0.496 e. The van der Waals surface area contributed by atoms with E-state index in [1.54, 1.807) is 7.05 Å². The molecule has 0 N–H and O–H groups in total. The molecule has 102 valence electrons. The minimum absolute atomic E-state index is 0.306. The summed E-state index contributed by atoms with van der Waals surface area (Å²) in [5, 5.41) is 0. The van der Waals surface area contributed by atoms with Crippen LogP contribution in [-0.4, -0.2) is 49.4 Å².